The first-order chi connectivity index (χ1) is 12.9. The molecule has 0 unspecified atom stereocenters. The molecular formula is C25H20O. The van der Waals surface area contributed by atoms with E-state index in [1.54, 1.807) is 0 Å². The van der Waals surface area contributed by atoms with Crippen molar-refractivity contribution in [2.75, 3.05) is 6.61 Å². The van der Waals surface area contributed by atoms with Crippen LogP contribution in [0.3, 0.4) is 0 Å². The third-order valence-electron chi connectivity index (χ3n) is 5.31. The molecule has 1 aliphatic carbocycles. The van der Waals surface area contributed by atoms with Crippen LogP contribution in [0, 0.1) is 0 Å². The maximum Gasteiger partial charge on any atom is 0.127 e. The first-order valence-electron chi connectivity index (χ1n) is 9.22. The van der Waals surface area contributed by atoms with Gasteiger partial charge < -0.3 is 4.74 Å². The molecule has 0 aliphatic heterocycles. The van der Waals surface area contributed by atoms with Crippen molar-refractivity contribution in [3.05, 3.63) is 90.0 Å². The largest absolute Gasteiger partial charge is 0.493 e. The fourth-order valence-electron chi connectivity index (χ4n) is 4.20. The van der Waals surface area contributed by atoms with Gasteiger partial charge >= 0.3 is 0 Å². The topological polar surface area (TPSA) is 9.23 Å². The highest BCUT2D eigenvalue weighted by molar-refractivity contribution is 6.01. The lowest BCUT2D eigenvalue weighted by molar-refractivity contribution is 0.341. The van der Waals surface area contributed by atoms with E-state index in [-0.39, 0.29) is 0 Å². The van der Waals surface area contributed by atoms with Gasteiger partial charge in [0.05, 0.1) is 6.61 Å². The van der Waals surface area contributed by atoms with Gasteiger partial charge in [-0.15, -0.1) is 0 Å². The van der Waals surface area contributed by atoms with Gasteiger partial charge in [-0.3, -0.25) is 0 Å². The Labute approximate surface area is 153 Å². The predicted molar refractivity (Wildman–Crippen MR) is 109 cm³/mol. The highest BCUT2D eigenvalue weighted by Gasteiger charge is 2.24. The molecule has 1 heteroatoms. The van der Waals surface area contributed by atoms with Crippen LogP contribution in [0.2, 0.25) is 0 Å². The molecule has 0 saturated carbocycles. The Balaban J connectivity index is 1.83. The Morgan fingerprint density at radius 2 is 1.50 bits per heavy atom. The molecule has 0 heterocycles. The fourth-order valence-corrected chi connectivity index (χ4v) is 4.20. The normalized spacial score (nSPS) is 12.0. The summed E-state index contributed by atoms with van der Waals surface area (Å²) in [6.07, 6.45) is 0.963. The molecule has 0 radical (unpaired) electrons. The lowest BCUT2D eigenvalue weighted by Crippen LogP contribution is -1.98. The second-order valence-electron chi connectivity index (χ2n) is 6.76. The lowest BCUT2D eigenvalue weighted by Gasteiger charge is -2.17. The van der Waals surface area contributed by atoms with Crippen LogP contribution in [0.1, 0.15) is 18.1 Å². The SMILES string of the molecule is CCOc1ccc2c(c1-c1cccc3ccccc13)Cc1ccccc1-2. The van der Waals surface area contributed by atoms with Crippen molar-refractivity contribution in [2.45, 2.75) is 13.3 Å². The molecule has 1 aliphatic rings. The van der Waals surface area contributed by atoms with Crippen molar-refractivity contribution in [1.82, 2.24) is 0 Å². The Morgan fingerprint density at radius 1 is 0.731 bits per heavy atom. The summed E-state index contributed by atoms with van der Waals surface area (Å²) in [5, 5.41) is 2.54. The van der Waals surface area contributed by atoms with E-state index in [2.05, 4.69) is 85.8 Å². The van der Waals surface area contributed by atoms with Crippen molar-refractivity contribution in [3.63, 3.8) is 0 Å². The van der Waals surface area contributed by atoms with E-state index in [1.165, 1.54) is 44.2 Å². The molecule has 0 atom stereocenters. The Bertz CT molecular complexity index is 1120. The fraction of sp³-hybridized carbons (Fsp3) is 0.120. The molecule has 0 fully saturated rings. The van der Waals surface area contributed by atoms with E-state index in [0.717, 1.165) is 12.2 Å². The quantitative estimate of drug-likeness (QED) is 0.366. The molecular weight excluding hydrogens is 316 g/mol. The number of hydrogen-bond acceptors (Lipinski definition) is 1. The Morgan fingerprint density at radius 3 is 2.42 bits per heavy atom. The maximum absolute atomic E-state index is 6.06. The molecule has 0 bridgehead atoms. The van der Waals surface area contributed by atoms with Gasteiger partial charge in [-0.1, -0.05) is 72.8 Å². The van der Waals surface area contributed by atoms with Crippen LogP contribution in [0.25, 0.3) is 33.0 Å². The third-order valence-corrected chi connectivity index (χ3v) is 5.31. The van der Waals surface area contributed by atoms with Gasteiger partial charge in [-0.25, -0.2) is 0 Å². The minimum absolute atomic E-state index is 0.670. The van der Waals surface area contributed by atoms with E-state index < -0.39 is 0 Å². The van der Waals surface area contributed by atoms with Crippen LogP contribution in [-0.2, 0) is 6.42 Å². The number of hydrogen-bond donors (Lipinski definition) is 0. The van der Waals surface area contributed by atoms with Crippen LogP contribution >= 0.6 is 0 Å². The third kappa shape index (κ3) is 2.24. The van der Waals surface area contributed by atoms with Crippen molar-refractivity contribution < 1.29 is 4.74 Å². The zero-order valence-corrected chi connectivity index (χ0v) is 14.8. The van der Waals surface area contributed by atoms with Crippen molar-refractivity contribution in [3.8, 4) is 28.0 Å². The first-order valence-corrected chi connectivity index (χ1v) is 9.22. The summed E-state index contributed by atoms with van der Waals surface area (Å²) >= 11 is 0. The molecule has 4 aromatic rings. The standard InChI is InChI=1S/C25H20O/c1-2-26-24-15-14-21-20-12-6-4-9-18(20)16-23(21)25(24)22-13-7-10-17-8-3-5-11-19(17)22/h3-15H,2,16H2,1H3. The van der Waals surface area contributed by atoms with Gasteiger partial charge in [-0.2, -0.15) is 0 Å². The smallest absolute Gasteiger partial charge is 0.127 e. The van der Waals surface area contributed by atoms with E-state index in [9.17, 15) is 0 Å². The molecule has 1 nitrogen and oxygen atoms in total. The van der Waals surface area contributed by atoms with Gasteiger partial charge in [0.15, 0.2) is 0 Å². The molecule has 5 rings (SSSR count). The molecule has 0 N–H and O–H groups in total. The summed E-state index contributed by atoms with van der Waals surface area (Å²) in [4.78, 5) is 0. The summed E-state index contributed by atoms with van der Waals surface area (Å²) in [5.74, 6) is 0.982. The van der Waals surface area contributed by atoms with Gasteiger partial charge in [0.2, 0.25) is 0 Å². The van der Waals surface area contributed by atoms with Gasteiger partial charge in [0, 0.05) is 5.56 Å². The zero-order chi connectivity index (χ0) is 17.5. The highest BCUT2D eigenvalue weighted by atomic mass is 16.5. The Kier molecular flexibility index (Phi) is 3.53. The number of rotatable bonds is 3. The number of benzene rings is 4. The van der Waals surface area contributed by atoms with E-state index in [1.807, 2.05) is 0 Å². The van der Waals surface area contributed by atoms with E-state index in [4.69, 9.17) is 4.74 Å². The molecule has 0 saturated heterocycles. The lowest BCUT2D eigenvalue weighted by atomic mass is 9.91. The summed E-state index contributed by atoms with van der Waals surface area (Å²) < 4.78 is 6.06. The molecule has 26 heavy (non-hydrogen) atoms. The van der Waals surface area contributed by atoms with Crippen LogP contribution in [0.15, 0.2) is 78.9 Å². The average Bonchev–Trinajstić information content (AvgIpc) is 3.06. The summed E-state index contributed by atoms with van der Waals surface area (Å²) in [7, 11) is 0. The van der Waals surface area contributed by atoms with E-state index >= 15 is 0 Å². The van der Waals surface area contributed by atoms with Crippen LogP contribution in [0.5, 0.6) is 5.75 Å². The second kappa shape index (κ2) is 6.03. The minimum atomic E-state index is 0.670. The Hall–Kier alpha value is -3.06. The summed E-state index contributed by atoms with van der Waals surface area (Å²) in [6, 6.07) is 28.2. The monoisotopic (exact) mass is 336 g/mol. The van der Waals surface area contributed by atoms with Crippen LogP contribution < -0.4 is 4.74 Å². The minimum Gasteiger partial charge on any atom is -0.493 e. The molecule has 0 spiro atoms. The summed E-state index contributed by atoms with van der Waals surface area (Å²) in [6.45, 7) is 2.72. The van der Waals surface area contributed by atoms with Gasteiger partial charge in [0.25, 0.3) is 0 Å². The van der Waals surface area contributed by atoms with Crippen LogP contribution in [-0.4, -0.2) is 6.61 Å². The predicted octanol–water partition coefficient (Wildman–Crippen LogP) is 6.48. The second-order valence-corrected chi connectivity index (χ2v) is 6.76. The molecule has 0 aromatic heterocycles. The highest BCUT2D eigenvalue weighted by Crippen LogP contribution is 2.47. The number of ether oxygens (including phenoxy) is 1. The van der Waals surface area contributed by atoms with Gasteiger partial charge in [0.1, 0.15) is 5.75 Å². The van der Waals surface area contributed by atoms with Crippen LogP contribution in [0.4, 0.5) is 0 Å². The molecule has 4 aromatic carbocycles. The van der Waals surface area contributed by atoms with Gasteiger partial charge in [-0.05, 0) is 58.0 Å². The summed E-state index contributed by atoms with van der Waals surface area (Å²) in [5.41, 5.74) is 7.98. The maximum atomic E-state index is 6.06. The van der Waals surface area contributed by atoms with Crippen molar-refractivity contribution in [1.29, 1.82) is 0 Å². The van der Waals surface area contributed by atoms with E-state index in [0.29, 0.717) is 6.61 Å². The van der Waals surface area contributed by atoms with Crippen molar-refractivity contribution >= 4 is 10.8 Å². The number of fused-ring (bicyclic) bond motifs is 4. The van der Waals surface area contributed by atoms with Crippen molar-refractivity contribution in [2.24, 2.45) is 0 Å². The zero-order valence-electron chi connectivity index (χ0n) is 14.8. The molecule has 0 amide bonds. The molecule has 126 valence electrons. The average molecular weight is 336 g/mol. The first kappa shape index (κ1) is 15.2.